The summed E-state index contributed by atoms with van der Waals surface area (Å²) < 4.78 is 15.9. The van der Waals surface area contributed by atoms with Crippen LogP contribution in [0.15, 0.2) is 88.5 Å². The first-order valence-corrected chi connectivity index (χ1v) is 11.5. The lowest BCUT2D eigenvalue weighted by molar-refractivity contribution is -0.117. The van der Waals surface area contributed by atoms with Gasteiger partial charge in [-0.3, -0.25) is 14.5 Å². The third kappa shape index (κ3) is 4.11. The Balaban J connectivity index is 1.62. The van der Waals surface area contributed by atoms with Gasteiger partial charge in [0, 0.05) is 22.2 Å². The fraction of sp³-hybridized carbons (Fsp3) is 0.107. The lowest BCUT2D eigenvalue weighted by Crippen LogP contribution is -2.31. The van der Waals surface area contributed by atoms with Gasteiger partial charge in [-0.05, 0) is 42.0 Å². The zero-order valence-corrected chi connectivity index (χ0v) is 20.5. The molecule has 0 fully saturated rings. The fourth-order valence-corrected chi connectivity index (χ4v) is 4.63. The summed E-state index contributed by atoms with van der Waals surface area (Å²) in [6.07, 6.45) is 0. The lowest BCUT2D eigenvalue weighted by Gasteiger charge is -2.26. The van der Waals surface area contributed by atoms with E-state index >= 15 is 0 Å². The number of hydrogen-bond donors (Lipinski definition) is 1. The van der Waals surface area contributed by atoms with E-state index in [-0.39, 0.29) is 16.9 Å². The number of amides is 1. The monoisotopic (exact) mass is 517 g/mol. The number of fused-ring (bicyclic) bond motifs is 1. The van der Waals surface area contributed by atoms with Crippen molar-refractivity contribution in [3.63, 3.8) is 0 Å². The van der Waals surface area contributed by atoms with E-state index in [9.17, 15) is 19.5 Å². The molecule has 4 aromatic rings. The number of ether oxygens (including phenoxy) is 2. The van der Waals surface area contributed by atoms with Gasteiger partial charge in [-0.15, -0.1) is 0 Å². The molecule has 37 heavy (non-hydrogen) atoms. The van der Waals surface area contributed by atoms with E-state index in [2.05, 4.69) is 0 Å². The average Bonchev–Trinajstić information content (AvgIpc) is 3.46. The second kappa shape index (κ2) is 9.48. The van der Waals surface area contributed by atoms with Crippen LogP contribution < -0.4 is 9.64 Å². The van der Waals surface area contributed by atoms with Crippen molar-refractivity contribution in [1.29, 1.82) is 0 Å². The van der Waals surface area contributed by atoms with E-state index in [1.165, 1.54) is 37.3 Å². The fourth-order valence-electron chi connectivity index (χ4n) is 4.41. The van der Waals surface area contributed by atoms with Crippen LogP contribution in [0.4, 0.5) is 5.69 Å². The predicted octanol–water partition coefficient (Wildman–Crippen LogP) is 5.66. The topological polar surface area (TPSA) is 106 Å². The van der Waals surface area contributed by atoms with Crippen LogP contribution >= 0.6 is 11.6 Å². The maximum absolute atomic E-state index is 13.8. The largest absolute Gasteiger partial charge is 0.503 e. The molecule has 2 heterocycles. The molecule has 0 radical (unpaired) electrons. The SMILES string of the molecule is COC(=O)c1ccc(N2C(=O)C(O)=C(C(=O)c3cc4cc(Cl)cc(OC)c4o3)C2c2ccccc2)cc1. The molecule has 1 unspecified atom stereocenters. The number of furan rings is 1. The average molecular weight is 518 g/mol. The minimum atomic E-state index is -0.955. The van der Waals surface area contributed by atoms with Crippen LogP contribution in [0.3, 0.4) is 0 Å². The molecule has 1 aromatic heterocycles. The van der Waals surface area contributed by atoms with Crippen LogP contribution in [-0.4, -0.2) is 37.0 Å². The van der Waals surface area contributed by atoms with Gasteiger partial charge in [0.05, 0.1) is 31.4 Å². The van der Waals surface area contributed by atoms with E-state index in [1.54, 1.807) is 54.6 Å². The molecule has 1 atom stereocenters. The number of Topliss-reactive ketones (excluding diaryl/α,β-unsaturated/α-hetero) is 1. The zero-order valence-electron chi connectivity index (χ0n) is 19.7. The molecule has 5 rings (SSSR count). The molecule has 0 aliphatic carbocycles. The molecule has 1 amide bonds. The Labute approximate surface area is 216 Å². The van der Waals surface area contributed by atoms with Gasteiger partial charge in [-0.25, -0.2) is 4.79 Å². The summed E-state index contributed by atoms with van der Waals surface area (Å²) in [6, 6.07) is 18.7. The Hall–Kier alpha value is -4.56. The highest BCUT2D eigenvalue weighted by Gasteiger charge is 2.45. The predicted molar refractivity (Wildman–Crippen MR) is 136 cm³/mol. The van der Waals surface area contributed by atoms with Crippen molar-refractivity contribution in [3.8, 4) is 5.75 Å². The molecule has 3 aromatic carbocycles. The first-order chi connectivity index (χ1) is 17.8. The normalized spacial score (nSPS) is 15.4. The lowest BCUT2D eigenvalue weighted by atomic mass is 9.94. The van der Waals surface area contributed by atoms with E-state index in [4.69, 9.17) is 25.5 Å². The maximum Gasteiger partial charge on any atom is 0.337 e. The first-order valence-electron chi connectivity index (χ1n) is 11.2. The number of hydrogen-bond acceptors (Lipinski definition) is 7. The van der Waals surface area contributed by atoms with Crippen LogP contribution in [0.25, 0.3) is 11.0 Å². The molecule has 1 aliphatic heterocycles. The van der Waals surface area contributed by atoms with Crippen molar-refractivity contribution < 1.29 is 33.4 Å². The Kier molecular flexibility index (Phi) is 6.19. The number of carbonyl (C=O) groups is 3. The van der Waals surface area contributed by atoms with Crippen molar-refractivity contribution in [1.82, 2.24) is 0 Å². The molecule has 0 bridgehead atoms. The summed E-state index contributed by atoms with van der Waals surface area (Å²) in [5.74, 6) is -2.40. The number of halogens is 1. The van der Waals surface area contributed by atoms with Crippen LogP contribution in [0.1, 0.15) is 32.5 Å². The first kappa shape index (κ1) is 24.1. The van der Waals surface area contributed by atoms with Crippen molar-refractivity contribution in [3.05, 3.63) is 106 Å². The number of rotatable bonds is 6. The van der Waals surface area contributed by atoms with Gasteiger partial charge in [0.1, 0.15) is 0 Å². The van der Waals surface area contributed by atoms with Gasteiger partial charge in [0.15, 0.2) is 22.9 Å². The zero-order chi connectivity index (χ0) is 26.3. The summed E-state index contributed by atoms with van der Waals surface area (Å²) in [5.41, 5.74) is 1.43. The Morgan fingerprint density at radius 1 is 1.00 bits per heavy atom. The molecular weight excluding hydrogens is 498 g/mol. The summed E-state index contributed by atoms with van der Waals surface area (Å²) >= 11 is 6.15. The standard InChI is InChI=1S/C28H20ClNO7/c1-35-21-14-18(29)12-17-13-20(37-26(17)21)24(31)22-23(15-6-4-3-5-7-15)30(27(33)25(22)32)19-10-8-16(9-11-19)28(34)36-2/h3-14,23,32H,1-2H3. The smallest absolute Gasteiger partial charge is 0.337 e. The molecule has 1 aliphatic rings. The highest BCUT2D eigenvalue weighted by atomic mass is 35.5. The minimum Gasteiger partial charge on any atom is -0.503 e. The Morgan fingerprint density at radius 2 is 1.70 bits per heavy atom. The number of ketones is 1. The van der Waals surface area contributed by atoms with Gasteiger partial charge >= 0.3 is 5.97 Å². The molecule has 0 saturated heterocycles. The molecule has 0 spiro atoms. The van der Waals surface area contributed by atoms with Gasteiger partial charge < -0.3 is 19.0 Å². The third-order valence-electron chi connectivity index (χ3n) is 6.13. The summed E-state index contributed by atoms with van der Waals surface area (Å²) in [5, 5.41) is 11.9. The van der Waals surface area contributed by atoms with E-state index in [1.807, 2.05) is 0 Å². The van der Waals surface area contributed by atoms with E-state index in [0.717, 1.165) is 0 Å². The van der Waals surface area contributed by atoms with Crippen LogP contribution in [0, 0.1) is 0 Å². The number of esters is 1. The molecule has 8 nitrogen and oxygen atoms in total. The number of methoxy groups -OCH3 is 2. The number of anilines is 1. The van der Waals surface area contributed by atoms with Gasteiger partial charge in [0.2, 0.25) is 5.78 Å². The number of benzene rings is 3. The highest BCUT2D eigenvalue weighted by Crippen LogP contribution is 2.43. The number of nitrogens with zero attached hydrogens (tertiary/aromatic N) is 1. The quantitative estimate of drug-likeness (QED) is 0.259. The minimum absolute atomic E-state index is 0.0891. The highest BCUT2D eigenvalue weighted by molar-refractivity contribution is 6.31. The number of aliphatic hydroxyl groups excluding tert-OH is 1. The molecule has 0 saturated carbocycles. The van der Waals surface area contributed by atoms with E-state index < -0.39 is 29.5 Å². The van der Waals surface area contributed by atoms with Crippen molar-refractivity contribution in [2.75, 3.05) is 19.1 Å². The third-order valence-corrected chi connectivity index (χ3v) is 6.34. The summed E-state index contributed by atoms with van der Waals surface area (Å²) in [6.45, 7) is 0. The van der Waals surface area contributed by atoms with Gasteiger partial charge in [0.25, 0.3) is 5.91 Å². The molecular formula is C28H20ClNO7. The van der Waals surface area contributed by atoms with Crippen LogP contribution in [0.5, 0.6) is 5.75 Å². The molecule has 186 valence electrons. The van der Waals surface area contributed by atoms with Gasteiger partial charge in [-0.2, -0.15) is 0 Å². The number of aliphatic hydroxyl groups is 1. The second-order valence-electron chi connectivity index (χ2n) is 8.26. The van der Waals surface area contributed by atoms with Crippen molar-refractivity contribution in [2.24, 2.45) is 0 Å². The van der Waals surface area contributed by atoms with Crippen LogP contribution in [-0.2, 0) is 9.53 Å². The molecule has 1 N–H and O–H groups in total. The van der Waals surface area contributed by atoms with Crippen molar-refractivity contribution in [2.45, 2.75) is 6.04 Å². The van der Waals surface area contributed by atoms with Crippen LogP contribution in [0.2, 0.25) is 5.02 Å². The maximum atomic E-state index is 13.8. The Morgan fingerprint density at radius 3 is 2.35 bits per heavy atom. The summed E-state index contributed by atoms with van der Waals surface area (Å²) in [4.78, 5) is 40.3. The molecule has 9 heteroatoms. The van der Waals surface area contributed by atoms with Crippen molar-refractivity contribution >= 4 is 45.9 Å². The van der Waals surface area contributed by atoms with E-state index in [0.29, 0.717) is 33.0 Å². The number of carbonyl (C=O) groups excluding carboxylic acids is 3. The van der Waals surface area contributed by atoms with Gasteiger partial charge in [-0.1, -0.05) is 41.9 Å². The Bertz CT molecular complexity index is 1570. The second-order valence-corrected chi connectivity index (χ2v) is 8.69. The summed E-state index contributed by atoms with van der Waals surface area (Å²) in [7, 11) is 2.72.